The third-order valence-corrected chi connectivity index (χ3v) is 3.02. The number of benzene rings is 1. The van der Waals surface area contributed by atoms with Crippen molar-refractivity contribution in [1.82, 2.24) is 4.98 Å². The molecule has 0 spiro atoms. The molecule has 0 fully saturated rings. The van der Waals surface area contributed by atoms with Gasteiger partial charge in [-0.3, -0.25) is 0 Å². The van der Waals surface area contributed by atoms with Crippen LogP contribution in [0.15, 0.2) is 28.8 Å². The molecule has 4 heteroatoms. The Balaban J connectivity index is 2.25. The summed E-state index contributed by atoms with van der Waals surface area (Å²) in [6.45, 7) is 1.81. The van der Waals surface area contributed by atoms with Gasteiger partial charge in [-0.1, -0.05) is 11.8 Å². The number of rotatable bonds is 4. The van der Waals surface area contributed by atoms with Crippen LogP contribution in [0.3, 0.4) is 0 Å². The minimum absolute atomic E-state index is 0.631. The van der Waals surface area contributed by atoms with Gasteiger partial charge in [0, 0.05) is 24.8 Å². The fraction of sp³-hybridized carbons (Fsp3) is 0.312. The number of halogens is 1. The Bertz CT molecular complexity index is 637. The topological polar surface area (TPSA) is 35.3 Å². The zero-order valence-electron chi connectivity index (χ0n) is 11.6. The third kappa shape index (κ3) is 3.55. The lowest BCUT2D eigenvalue weighted by Gasteiger charge is -2.06. The van der Waals surface area contributed by atoms with Gasteiger partial charge in [-0.25, -0.2) is 4.98 Å². The fourth-order valence-electron chi connectivity index (χ4n) is 1.78. The molecule has 1 aromatic carbocycles. The van der Waals surface area contributed by atoms with Gasteiger partial charge in [0.05, 0.1) is 18.9 Å². The quantitative estimate of drug-likeness (QED) is 0.484. The Labute approximate surface area is 123 Å². The highest BCUT2D eigenvalue weighted by atomic mass is 35.5. The molecule has 0 unspecified atom stereocenters. The van der Waals surface area contributed by atoms with Crippen LogP contribution in [-0.2, 0) is 0 Å². The molecule has 0 bridgehead atoms. The smallest absolute Gasteiger partial charge is 0.191 e. The van der Waals surface area contributed by atoms with Crippen LogP contribution in [0.25, 0.3) is 11.3 Å². The van der Waals surface area contributed by atoms with Crippen molar-refractivity contribution in [2.75, 3.05) is 13.0 Å². The maximum Gasteiger partial charge on any atom is 0.191 e. The summed E-state index contributed by atoms with van der Waals surface area (Å²) in [5.74, 6) is 8.89. The molecule has 0 radical (unpaired) electrons. The number of alkyl halides is 1. The predicted octanol–water partition coefficient (Wildman–Crippen LogP) is 4.03. The number of methoxy groups -OCH3 is 1. The number of unbranched alkanes of at least 4 members (excludes halogenated alkanes) is 1. The summed E-state index contributed by atoms with van der Waals surface area (Å²) < 4.78 is 10.9. The zero-order valence-corrected chi connectivity index (χ0v) is 12.3. The van der Waals surface area contributed by atoms with Crippen molar-refractivity contribution in [1.29, 1.82) is 0 Å². The first kappa shape index (κ1) is 14.5. The lowest BCUT2D eigenvalue weighted by atomic mass is 10.1. The first-order chi connectivity index (χ1) is 9.74. The molecule has 0 saturated carbocycles. The highest BCUT2D eigenvalue weighted by Gasteiger charge is 2.10. The Hall–Kier alpha value is -1.92. The summed E-state index contributed by atoms with van der Waals surface area (Å²) in [4.78, 5) is 4.10. The third-order valence-electron chi connectivity index (χ3n) is 2.76. The van der Waals surface area contributed by atoms with Crippen molar-refractivity contribution in [3.8, 4) is 28.9 Å². The number of hydrogen-bond acceptors (Lipinski definition) is 3. The molecule has 1 aromatic heterocycles. The van der Waals surface area contributed by atoms with Crippen molar-refractivity contribution in [2.45, 2.75) is 19.8 Å². The van der Waals surface area contributed by atoms with E-state index in [1.165, 1.54) is 0 Å². The number of aromatic nitrogens is 1. The second-order valence-electron chi connectivity index (χ2n) is 4.25. The molecule has 0 saturated heterocycles. The molecule has 0 aliphatic rings. The monoisotopic (exact) mass is 289 g/mol. The van der Waals surface area contributed by atoms with Crippen molar-refractivity contribution in [2.24, 2.45) is 0 Å². The molecule has 0 amide bonds. The van der Waals surface area contributed by atoms with E-state index in [4.69, 9.17) is 20.8 Å². The minimum Gasteiger partial charge on any atom is -0.496 e. The van der Waals surface area contributed by atoms with E-state index in [1.807, 2.05) is 25.1 Å². The van der Waals surface area contributed by atoms with Gasteiger partial charge in [-0.15, -0.1) is 11.6 Å². The summed E-state index contributed by atoms with van der Waals surface area (Å²) in [5.41, 5.74) is 1.79. The summed E-state index contributed by atoms with van der Waals surface area (Å²) in [5, 5.41) is 0. The normalized spacial score (nSPS) is 9.95. The van der Waals surface area contributed by atoms with Crippen LogP contribution in [0.4, 0.5) is 0 Å². The molecule has 0 aliphatic heterocycles. The number of oxazole rings is 1. The van der Waals surface area contributed by atoms with Gasteiger partial charge in [0.1, 0.15) is 5.75 Å². The molecule has 0 aliphatic carbocycles. The highest BCUT2D eigenvalue weighted by Crippen LogP contribution is 2.31. The first-order valence-corrected chi connectivity index (χ1v) is 6.93. The van der Waals surface area contributed by atoms with Gasteiger partial charge in [0.25, 0.3) is 0 Å². The van der Waals surface area contributed by atoms with E-state index in [1.54, 1.807) is 13.3 Å². The average molecular weight is 290 g/mol. The van der Waals surface area contributed by atoms with Gasteiger partial charge in [-0.2, -0.15) is 0 Å². The lowest BCUT2D eigenvalue weighted by Crippen LogP contribution is -1.88. The van der Waals surface area contributed by atoms with Crippen molar-refractivity contribution >= 4 is 11.6 Å². The van der Waals surface area contributed by atoms with E-state index >= 15 is 0 Å². The zero-order chi connectivity index (χ0) is 14.4. The summed E-state index contributed by atoms with van der Waals surface area (Å²) in [7, 11) is 1.63. The highest BCUT2D eigenvalue weighted by molar-refractivity contribution is 6.17. The average Bonchev–Trinajstić information content (AvgIpc) is 2.90. The van der Waals surface area contributed by atoms with E-state index < -0.39 is 0 Å². The molecule has 20 heavy (non-hydrogen) atoms. The molecule has 0 atom stereocenters. The van der Waals surface area contributed by atoms with Gasteiger partial charge in [0.2, 0.25) is 0 Å². The minimum atomic E-state index is 0.631. The van der Waals surface area contributed by atoms with Gasteiger partial charge < -0.3 is 9.15 Å². The van der Waals surface area contributed by atoms with Crippen molar-refractivity contribution in [3.05, 3.63) is 35.9 Å². The van der Waals surface area contributed by atoms with E-state index in [0.29, 0.717) is 17.5 Å². The number of nitrogens with zero attached hydrogens (tertiary/aromatic N) is 1. The van der Waals surface area contributed by atoms with Crippen molar-refractivity contribution < 1.29 is 9.15 Å². The molecular weight excluding hydrogens is 274 g/mol. The van der Waals surface area contributed by atoms with Crippen LogP contribution < -0.4 is 4.74 Å². The van der Waals surface area contributed by atoms with E-state index in [-0.39, 0.29) is 0 Å². The Morgan fingerprint density at radius 3 is 2.90 bits per heavy atom. The standard InChI is InChI=1S/C16H16ClNO2/c1-12-18-11-16(20-12)14-8-7-13(10-15(14)19-2)6-4-3-5-9-17/h7-8,10-11H,3,5,9H2,1-2H3. The number of ether oxygens (including phenoxy) is 1. The molecular formula is C16H16ClNO2. The molecule has 2 aromatic rings. The maximum atomic E-state index is 5.62. The maximum absolute atomic E-state index is 5.62. The molecule has 3 nitrogen and oxygen atoms in total. The lowest BCUT2D eigenvalue weighted by molar-refractivity contribution is 0.414. The van der Waals surface area contributed by atoms with Gasteiger partial charge in [-0.05, 0) is 24.6 Å². The molecule has 1 heterocycles. The molecule has 104 valence electrons. The summed E-state index contributed by atoms with van der Waals surface area (Å²) in [6.07, 6.45) is 3.40. The van der Waals surface area contributed by atoms with Crippen LogP contribution in [0, 0.1) is 18.8 Å². The van der Waals surface area contributed by atoms with Crippen molar-refractivity contribution in [3.63, 3.8) is 0 Å². The van der Waals surface area contributed by atoms with E-state index in [9.17, 15) is 0 Å². The van der Waals surface area contributed by atoms with E-state index in [0.717, 1.165) is 29.7 Å². The van der Waals surface area contributed by atoms with Gasteiger partial charge >= 0.3 is 0 Å². The number of aryl methyl sites for hydroxylation is 1. The Morgan fingerprint density at radius 2 is 2.25 bits per heavy atom. The SMILES string of the molecule is COc1cc(C#CCCCCl)ccc1-c1cnc(C)o1. The number of hydrogen-bond donors (Lipinski definition) is 0. The molecule has 2 rings (SSSR count). The van der Waals surface area contributed by atoms with Crippen LogP contribution in [-0.4, -0.2) is 18.0 Å². The van der Waals surface area contributed by atoms with Crippen LogP contribution >= 0.6 is 11.6 Å². The second kappa shape index (κ2) is 7.02. The fourth-order valence-corrected chi connectivity index (χ4v) is 1.91. The van der Waals surface area contributed by atoms with Crippen LogP contribution in [0.1, 0.15) is 24.3 Å². The summed E-state index contributed by atoms with van der Waals surface area (Å²) in [6, 6.07) is 5.79. The van der Waals surface area contributed by atoms with E-state index in [2.05, 4.69) is 16.8 Å². The molecule has 0 N–H and O–H groups in total. The first-order valence-electron chi connectivity index (χ1n) is 6.40. The Kier molecular flexibility index (Phi) is 5.09. The predicted molar refractivity (Wildman–Crippen MR) is 80.1 cm³/mol. The largest absolute Gasteiger partial charge is 0.496 e. The summed E-state index contributed by atoms with van der Waals surface area (Å²) >= 11 is 5.62. The van der Waals surface area contributed by atoms with Gasteiger partial charge in [0.15, 0.2) is 11.7 Å². The Morgan fingerprint density at radius 1 is 1.40 bits per heavy atom. The van der Waals surface area contributed by atoms with Crippen LogP contribution in [0.2, 0.25) is 0 Å². The second-order valence-corrected chi connectivity index (χ2v) is 4.63. The van der Waals surface area contributed by atoms with Crippen LogP contribution in [0.5, 0.6) is 5.75 Å².